The molecule has 0 saturated heterocycles. The summed E-state index contributed by atoms with van der Waals surface area (Å²) in [5.41, 5.74) is 2.43. The minimum atomic E-state index is -0.376. The molecule has 0 aliphatic carbocycles. The number of aliphatic hydroxyl groups is 1. The van der Waals surface area contributed by atoms with Crippen molar-refractivity contribution in [3.63, 3.8) is 0 Å². The number of benzene rings is 2. The van der Waals surface area contributed by atoms with Crippen LogP contribution in [0.15, 0.2) is 67.0 Å². The number of anilines is 1. The zero-order valence-electron chi connectivity index (χ0n) is 22.8. The third-order valence-electron chi connectivity index (χ3n) is 6.97. The molecule has 3 aromatic rings. The topological polar surface area (TPSA) is 104 Å². The second-order valence-corrected chi connectivity index (χ2v) is 10.1. The summed E-state index contributed by atoms with van der Waals surface area (Å²) in [7, 11) is 3.69. The molecule has 2 N–H and O–H groups in total. The Hall–Kier alpha value is -3.95. The highest BCUT2D eigenvalue weighted by Gasteiger charge is 2.33. The lowest BCUT2D eigenvalue weighted by molar-refractivity contribution is 0.0341. The molecule has 1 aliphatic rings. The first kappa shape index (κ1) is 28.1. The van der Waals surface area contributed by atoms with Crippen LogP contribution in [-0.2, 0) is 6.54 Å². The molecular formula is C30H36N4O5. The van der Waals surface area contributed by atoms with Crippen molar-refractivity contribution in [1.82, 2.24) is 14.8 Å². The fraction of sp³-hybridized carbons (Fsp3) is 0.367. The second-order valence-electron chi connectivity index (χ2n) is 10.1. The minimum absolute atomic E-state index is 0.000451. The van der Waals surface area contributed by atoms with Gasteiger partial charge in [0.1, 0.15) is 17.6 Å². The van der Waals surface area contributed by atoms with Gasteiger partial charge in [0.15, 0.2) is 0 Å². The molecule has 0 bridgehead atoms. The van der Waals surface area contributed by atoms with E-state index in [9.17, 15) is 14.7 Å². The van der Waals surface area contributed by atoms with Gasteiger partial charge in [-0.25, -0.2) is 0 Å². The SMILES string of the molecule is COc1ccc(CN(C)C[C@H]2Oc3ccc(NC(=O)c4ccncc4)cc3C(=O)N([C@@H](C)CO)C[C@@H]2C)cc1. The Morgan fingerprint density at radius 3 is 2.59 bits per heavy atom. The zero-order chi connectivity index (χ0) is 27.9. The number of nitrogens with one attached hydrogen (secondary N) is 1. The van der Waals surface area contributed by atoms with Crippen LogP contribution >= 0.6 is 0 Å². The maximum Gasteiger partial charge on any atom is 0.258 e. The van der Waals surface area contributed by atoms with E-state index in [0.717, 1.165) is 17.9 Å². The quantitative estimate of drug-likeness (QED) is 0.433. The first-order valence-electron chi connectivity index (χ1n) is 13.0. The Kier molecular flexibility index (Phi) is 9.16. The fourth-order valence-electron chi connectivity index (χ4n) is 4.64. The highest BCUT2D eigenvalue weighted by molar-refractivity contribution is 6.05. The van der Waals surface area contributed by atoms with E-state index in [1.54, 1.807) is 54.7 Å². The number of methoxy groups -OCH3 is 1. The fourth-order valence-corrected chi connectivity index (χ4v) is 4.64. The van der Waals surface area contributed by atoms with Gasteiger partial charge in [-0.05, 0) is 62.0 Å². The van der Waals surface area contributed by atoms with Crippen LogP contribution in [0.25, 0.3) is 0 Å². The summed E-state index contributed by atoms with van der Waals surface area (Å²) in [6.07, 6.45) is 2.88. The number of hydrogen-bond acceptors (Lipinski definition) is 7. The number of nitrogens with zero attached hydrogens (tertiary/aromatic N) is 3. The number of carbonyl (C=O) groups excluding carboxylic acids is 2. The van der Waals surface area contributed by atoms with Gasteiger partial charge in [0.25, 0.3) is 11.8 Å². The van der Waals surface area contributed by atoms with Gasteiger partial charge in [0, 0.05) is 49.2 Å². The first-order chi connectivity index (χ1) is 18.8. The number of fused-ring (bicyclic) bond motifs is 1. The van der Waals surface area contributed by atoms with E-state index in [0.29, 0.717) is 35.7 Å². The number of ether oxygens (including phenoxy) is 2. The molecule has 0 saturated carbocycles. The van der Waals surface area contributed by atoms with Crippen LogP contribution in [-0.4, -0.2) is 77.7 Å². The van der Waals surface area contributed by atoms with Gasteiger partial charge in [-0.2, -0.15) is 0 Å². The average Bonchev–Trinajstić information content (AvgIpc) is 2.95. The third kappa shape index (κ3) is 6.93. The van der Waals surface area contributed by atoms with Crippen molar-refractivity contribution in [3.05, 3.63) is 83.7 Å². The lowest BCUT2D eigenvalue weighted by Gasteiger charge is -2.38. The van der Waals surface area contributed by atoms with E-state index in [1.165, 1.54) is 0 Å². The van der Waals surface area contributed by atoms with Gasteiger partial charge in [0.05, 0.1) is 25.3 Å². The van der Waals surface area contributed by atoms with Crippen molar-refractivity contribution in [2.24, 2.45) is 5.92 Å². The van der Waals surface area contributed by atoms with Crippen LogP contribution in [0.3, 0.4) is 0 Å². The van der Waals surface area contributed by atoms with Crippen molar-refractivity contribution in [3.8, 4) is 11.5 Å². The predicted octanol–water partition coefficient (Wildman–Crippen LogP) is 3.69. The average molecular weight is 533 g/mol. The Bertz CT molecular complexity index is 1270. The van der Waals surface area contributed by atoms with Crippen LogP contribution in [0.4, 0.5) is 5.69 Å². The second kappa shape index (κ2) is 12.7. The third-order valence-corrected chi connectivity index (χ3v) is 6.97. The van der Waals surface area contributed by atoms with Gasteiger partial charge in [0.2, 0.25) is 0 Å². The first-order valence-corrected chi connectivity index (χ1v) is 13.0. The van der Waals surface area contributed by atoms with E-state index in [4.69, 9.17) is 9.47 Å². The zero-order valence-corrected chi connectivity index (χ0v) is 22.8. The van der Waals surface area contributed by atoms with Gasteiger partial charge in [-0.1, -0.05) is 19.1 Å². The number of hydrogen-bond donors (Lipinski definition) is 2. The van der Waals surface area contributed by atoms with E-state index in [-0.39, 0.29) is 36.5 Å². The van der Waals surface area contributed by atoms with Crippen LogP contribution in [0.1, 0.15) is 40.1 Å². The Labute approximate surface area is 229 Å². The van der Waals surface area contributed by atoms with Crippen LogP contribution < -0.4 is 14.8 Å². The molecule has 39 heavy (non-hydrogen) atoms. The monoisotopic (exact) mass is 532 g/mol. The normalized spacial score (nSPS) is 18.0. The van der Waals surface area contributed by atoms with Crippen molar-refractivity contribution < 1.29 is 24.2 Å². The van der Waals surface area contributed by atoms with E-state index in [1.807, 2.05) is 38.2 Å². The molecule has 0 unspecified atom stereocenters. The van der Waals surface area contributed by atoms with Gasteiger partial charge < -0.3 is 24.8 Å². The number of pyridine rings is 1. The van der Waals surface area contributed by atoms with Gasteiger partial charge in [-0.3, -0.25) is 19.5 Å². The molecular weight excluding hydrogens is 496 g/mol. The van der Waals surface area contributed by atoms with Crippen LogP contribution in [0.2, 0.25) is 0 Å². The predicted molar refractivity (Wildman–Crippen MR) is 149 cm³/mol. The van der Waals surface area contributed by atoms with Crippen molar-refractivity contribution in [1.29, 1.82) is 0 Å². The molecule has 2 aromatic carbocycles. The van der Waals surface area contributed by atoms with Crippen molar-refractivity contribution in [2.75, 3.05) is 39.2 Å². The molecule has 0 radical (unpaired) electrons. The van der Waals surface area contributed by atoms with E-state index < -0.39 is 0 Å². The molecule has 0 spiro atoms. The maximum absolute atomic E-state index is 13.7. The molecule has 1 aromatic heterocycles. The van der Waals surface area contributed by atoms with Crippen LogP contribution in [0, 0.1) is 5.92 Å². The van der Waals surface area contributed by atoms with E-state index >= 15 is 0 Å². The number of aliphatic hydroxyl groups excluding tert-OH is 1. The summed E-state index contributed by atoms with van der Waals surface area (Å²) in [6, 6.07) is 15.9. The van der Waals surface area contributed by atoms with Crippen molar-refractivity contribution >= 4 is 17.5 Å². The molecule has 4 rings (SSSR count). The Morgan fingerprint density at radius 2 is 1.92 bits per heavy atom. The van der Waals surface area contributed by atoms with Gasteiger partial charge in [-0.15, -0.1) is 0 Å². The highest BCUT2D eigenvalue weighted by atomic mass is 16.5. The number of amides is 2. The number of rotatable bonds is 9. The highest BCUT2D eigenvalue weighted by Crippen LogP contribution is 2.31. The summed E-state index contributed by atoms with van der Waals surface area (Å²) >= 11 is 0. The standard InChI is InChI=1S/C30H36N4O5/c1-20-16-34(21(2)19-35)30(37)26-15-24(32-29(36)23-11-13-31-14-12-23)7-10-27(26)39-28(20)18-33(3)17-22-5-8-25(38-4)9-6-22/h5-15,20-21,28,35H,16-19H2,1-4H3,(H,32,36)/t20-,21-,28+/m0/s1. The summed E-state index contributed by atoms with van der Waals surface area (Å²) in [5, 5.41) is 12.8. The Balaban J connectivity index is 1.58. The van der Waals surface area contributed by atoms with Crippen LogP contribution in [0.5, 0.6) is 11.5 Å². The smallest absolute Gasteiger partial charge is 0.258 e. The maximum atomic E-state index is 13.7. The number of likely N-dealkylation sites (N-methyl/N-ethyl adjacent to an activating group) is 1. The molecule has 0 fully saturated rings. The van der Waals surface area contributed by atoms with Gasteiger partial charge >= 0.3 is 0 Å². The largest absolute Gasteiger partial charge is 0.497 e. The molecule has 2 heterocycles. The molecule has 9 nitrogen and oxygen atoms in total. The molecule has 2 amide bonds. The lowest BCUT2D eigenvalue weighted by atomic mass is 9.99. The Morgan fingerprint density at radius 1 is 1.21 bits per heavy atom. The molecule has 3 atom stereocenters. The van der Waals surface area contributed by atoms with Crippen molar-refractivity contribution in [2.45, 2.75) is 32.5 Å². The molecule has 1 aliphatic heterocycles. The summed E-state index contributed by atoms with van der Waals surface area (Å²) < 4.78 is 11.7. The molecule has 9 heteroatoms. The summed E-state index contributed by atoms with van der Waals surface area (Å²) in [6.45, 7) is 5.50. The summed E-state index contributed by atoms with van der Waals surface area (Å²) in [4.78, 5) is 34.2. The number of aromatic nitrogens is 1. The minimum Gasteiger partial charge on any atom is -0.497 e. The summed E-state index contributed by atoms with van der Waals surface area (Å²) in [5.74, 6) is 0.716. The molecule has 206 valence electrons. The lowest BCUT2D eigenvalue weighted by Crippen LogP contribution is -2.49. The number of carbonyl (C=O) groups is 2. The van der Waals surface area contributed by atoms with E-state index in [2.05, 4.69) is 22.1 Å².